The van der Waals surface area contributed by atoms with Crippen LogP contribution in [0.25, 0.3) is 0 Å². The van der Waals surface area contributed by atoms with E-state index in [1.54, 1.807) is 0 Å². The summed E-state index contributed by atoms with van der Waals surface area (Å²) in [4.78, 5) is 2.27. The molecule has 0 saturated carbocycles. The number of anilines is 1. The van der Waals surface area contributed by atoms with E-state index in [4.69, 9.17) is 15.2 Å². The zero-order chi connectivity index (χ0) is 14.8. The van der Waals surface area contributed by atoms with Gasteiger partial charge in [-0.25, -0.2) is 0 Å². The normalized spacial score (nSPS) is 10.8. The largest absolute Gasteiger partial charge is 0.380 e. The molecule has 1 rings (SSSR count). The van der Waals surface area contributed by atoms with Gasteiger partial charge in [0.25, 0.3) is 0 Å². The summed E-state index contributed by atoms with van der Waals surface area (Å²) in [5.74, 6) is 0. The first-order chi connectivity index (χ1) is 9.71. The number of benzene rings is 1. The lowest BCUT2D eigenvalue weighted by Crippen LogP contribution is -2.31. The van der Waals surface area contributed by atoms with Crippen molar-refractivity contribution >= 4 is 21.6 Å². The van der Waals surface area contributed by atoms with Gasteiger partial charge in [0, 0.05) is 43.0 Å². The fourth-order valence-corrected chi connectivity index (χ4v) is 2.47. The van der Waals surface area contributed by atoms with Crippen molar-refractivity contribution in [1.29, 1.82) is 0 Å². The highest BCUT2D eigenvalue weighted by Crippen LogP contribution is 2.22. The van der Waals surface area contributed by atoms with E-state index in [1.807, 2.05) is 19.9 Å². The minimum absolute atomic E-state index is 0.539. The summed E-state index contributed by atoms with van der Waals surface area (Å²) in [6.07, 6.45) is 0. The highest BCUT2D eigenvalue weighted by Gasteiger charge is 2.08. The average Bonchev–Trinajstić information content (AvgIpc) is 2.45. The van der Waals surface area contributed by atoms with Crippen LogP contribution in [0.5, 0.6) is 0 Å². The number of ether oxygens (including phenoxy) is 2. The second-order valence-electron chi connectivity index (χ2n) is 4.40. The van der Waals surface area contributed by atoms with Gasteiger partial charge in [0.2, 0.25) is 0 Å². The standard InChI is InChI=1S/C15H25BrN2O2/c1-3-19-7-5-18(6-8-20-4-2)15-10-13(12-17)9-14(16)11-15/h9-11H,3-8,12,17H2,1-2H3. The fourth-order valence-electron chi connectivity index (χ4n) is 1.94. The Labute approximate surface area is 130 Å². The molecule has 0 aliphatic carbocycles. The third-order valence-electron chi connectivity index (χ3n) is 2.96. The molecule has 5 heteroatoms. The van der Waals surface area contributed by atoms with Crippen molar-refractivity contribution in [3.63, 3.8) is 0 Å². The molecule has 1 aromatic rings. The summed E-state index contributed by atoms with van der Waals surface area (Å²) in [7, 11) is 0. The van der Waals surface area contributed by atoms with E-state index in [2.05, 4.69) is 33.0 Å². The number of nitrogens with two attached hydrogens (primary N) is 1. The smallest absolute Gasteiger partial charge is 0.0641 e. The number of hydrogen-bond acceptors (Lipinski definition) is 4. The molecule has 0 amide bonds. The van der Waals surface area contributed by atoms with E-state index >= 15 is 0 Å². The molecule has 4 nitrogen and oxygen atoms in total. The van der Waals surface area contributed by atoms with E-state index in [1.165, 1.54) is 0 Å². The summed E-state index contributed by atoms with van der Waals surface area (Å²) < 4.78 is 12.0. The topological polar surface area (TPSA) is 47.7 Å². The molecule has 0 heterocycles. The van der Waals surface area contributed by atoms with Gasteiger partial charge >= 0.3 is 0 Å². The molecule has 0 aliphatic heterocycles. The van der Waals surface area contributed by atoms with Gasteiger partial charge in [0.15, 0.2) is 0 Å². The predicted molar refractivity (Wildman–Crippen MR) is 87.2 cm³/mol. The second kappa shape index (κ2) is 10.2. The van der Waals surface area contributed by atoms with Crippen LogP contribution in [0.15, 0.2) is 22.7 Å². The Morgan fingerprint density at radius 2 is 1.65 bits per heavy atom. The zero-order valence-electron chi connectivity index (χ0n) is 12.4. The Morgan fingerprint density at radius 3 is 2.15 bits per heavy atom. The third kappa shape index (κ3) is 6.22. The van der Waals surface area contributed by atoms with E-state index in [-0.39, 0.29) is 0 Å². The van der Waals surface area contributed by atoms with Crippen molar-refractivity contribution in [1.82, 2.24) is 0 Å². The van der Waals surface area contributed by atoms with E-state index in [9.17, 15) is 0 Å². The minimum Gasteiger partial charge on any atom is -0.380 e. The van der Waals surface area contributed by atoms with Crippen LogP contribution in [0.4, 0.5) is 5.69 Å². The molecule has 0 radical (unpaired) electrons. The lowest BCUT2D eigenvalue weighted by atomic mass is 10.2. The molecule has 0 aliphatic rings. The highest BCUT2D eigenvalue weighted by molar-refractivity contribution is 9.10. The van der Waals surface area contributed by atoms with E-state index < -0.39 is 0 Å². The molecule has 0 atom stereocenters. The molecule has 20 heavy (non-hydrogen) atoms. The van der Waals surface area contributed by atoms with Gasteiger partial charge in [-0.05, 0) is 37.6 Å². The molecule has 0 unspecified atom stereocenters. The summed E-state index contributed by atoms with van der Waals surface area (Å²) in [5, 5.41) is 0. The molecule has 114 valence electrons. The van der Waals surface area contributed by atoms with Gasteiger partial charge in [-0.3, -0.25) is 0 Å². The van der Waals surface area contributed by atoms with Crippen molar-refractivity contribution in [2.24, 2.45) is 5.73 Å². The van der Waals surface area contributed by atoms with Crippen molar-refractivity contribution in [3.8, 4) is 0 Å². The highest BCUT2D eigenvalue weighted by atomic mass is 79.9. The SMILES string of the molecule is CCOCCN(CCOCC)c1cc(Br)cc(CN)c1. The monoisotopic (exact) mass is 344 g/mol. The van der Waals surface area contributed by atoms with Crippen LogP contribution in [-0.2, 0) is 16.0 Å². The number of rotatable bonds is 10. The maximum absolute atomic E-state index is 5.74. The van der Waals surface area contributed by atoms with Crippen molar-refractivity contribution in [3.05, 3.63) is 28.2 Å². The molecule has 0 aromatic heterocycles. The van der Waals surface area contributed by atoms with Gasteiger partial charge in [0.1, 0.15) is 0 Å². The van der Waals surface area contributed by atoms with E-state index in [0.717, 1.165) is 42.0 Å². The number of hydrogen-bond donors (Lipinski definition) is 1. The molecule has 0 saturated heterocycles. The van der Waals surface area contributed by atoms with Crippen molar-refractivity contribution in [2.45, 2.75) is 20.4 Å². The van der Waals surface area contributed by atoms with Crippen LogP contribution in [0.2, 0.25) is 0 Å². The lowest BCUT2D eigenvalue weighted by molar-refractivity contribution is 0.141. The molecule has 1 aromatic carbocycles. The Balaban J connectivity index is 2.75. The average molecular weight is 345 g/mol. The van der Waals surface area contributed by atoms with Gasteiger partial charge in [-0.15, -0.1) is 0 Å². The maximum Gasteiger partial charge on any atom is 0.0641 e. The fraction of sp³-hybridized carbons (Fsp3) is 0.600. The Morgan fingerprint density at radius 1 is 1.05 bits per heavy atom. The molecule has 0 spiro atoms. The molecule has 0 fully saturated rings. The van der Waals surface area contributed by atoms with Crippen LogP contribution in [0.1, 0.15) is 19.4 Å². The molecule has 2 N–H and O–H groups in total. The Bertz CT molecular complexity index is 378. The van der Waals surface area contributed by atoms with Crippen LogP contribution in [0, 0.1) is 0 Å². The summed E-state index contributed by atoms with van der Waals surface area (Å²) >= 11 is 3.54. The predicted octanol–water partition coefficient (Wildman–Crippen LogP) is 2.79. The Kier molecular flexibility index (Phi) is 8.85. The maximum atomic E-state index is 5.74. The first-order valence-corrected chi connectivity index (χ1v) is 7.90. The van der Waals surface area contributed by atoms with Crippen molar-refractivity contribution in [2.75, 3.05) is 44.4 Å². The first-order valence-electron chi connectivity index (χ1n) is 7.11. The van der Waals surface area contributed by atoms with Gasteiger partial charge < -0.3 is 20.1 Å². The minimum atomic E-state index is 0.539. The first kappa shape index (κ1) is 17.4. The van der Waals surface area contributed by atoms with E-state index in [0.29, 0.717) is 19.8 Å². The number of nitrogens with zero attached hydrogens (tertiary/aromatic N) is 1. The van der Waals surface area contributed by atoms with Crippen LogP contribution < -0.4 is 10.6 Å². The van der Waals surface area contributed by atoms with Crippen molar-refractivity contribution < 1.29 is 9.47 Å². The van der Waals surface area contributed by atoms with Crippen LogP contribution >= 0.6 is 15.9 Å². The molecule has 0 bridgehead atoms. The molecular weight excluding hydrogens is 320 g/mol. The third-order valence-corrected chi connectivity index (χ3v) is 3.42. The molecular formula is C15H25BrN2O2. The van der Waals surface area contributed by atoms with Crippen LogP contribution in [-0.4, -0.2) is 39.5 Å². The number of halogens is 1. The lowest BCUT2D eigenvalue weighted by Gasteiger charge is -2.25. The van der Waals surface area contributed by atoms with Crippen LogP contribution in [0.3, 0.4) is 0 Å². The summed E-state index contributed by atoms with van der Waals surface area (Å²) in [6, 6.07) is 6.28. The zero-order valence-corrected chi connectivity index (χ0v) is 14.0. The second-order valence-corrected chi connectivity index (χ2v) is 5.32. The summed E-state index contributed by atoms with van der Waals surface area (Å²) in [6.45, 7) is 9.17. The van der Waals surface area contributed by atoms with Gasteiger partial charge in [-0.1, -0.05) is 15.9 Å². The Hall–Kier alpha value is -0.620. The summed E-state index contributed by atoms with van der Waals surface area (Å²) in [5.41, 5.74) is 8.01. The van der Waals surface area contributed by atoms with Gasteiger partial charge in [0.05, 0.1) is 13.2 Å². The van der Waals surface area contributed by atoms with Gasteiger partial charge in [-0.2, -0.15) is 0 Å². The quantitative estimate of drug-likeness (QED) is 0.663.